The number of nitrogens with zero attached hydrogens (tertiary/aromatic N) is 5. The maximum Gasteiger partial charge on any atom is 0.273 e. The fraction of sp³-hybridized carbons (Fsp3) is 0.240. The standard InChI is InChI=1S/C25H25BrN6O2S/c1-16-14-17(2)29-25(28-16)35-15-22-23(30-31-32(22)20-8-6-19(26)7-9-20)24(33)27-13-12-18-4-10-21(34-3)11-5-18/h4-11,14H,12-13,15H2,1-3H3,(H,27,33). The highest BCUT2D eigenvalue weighted by Crippen LogP contribution is 2.24. The quantitative estimate of drug-likeness (QED) is 0.237. The number of nitrogens with one attached hydrogen (secondary N) is 1. The first-order valence-electron chi connectivity index (χ1n) is 11.0. The van der Waals surface area contributed by atoms with Crippen molar-refractivity contribution in [2.75, 3.05) is 13.7 Å². The Balaban J connectivity index is 1.52. The molecule has 2 heterocycles. The Morgan fingerprint density at radius 1 is 1.06 bits per heavy atom. The van der Waals surface area contributed by atoms with Gasteiger partial charge in [-0.05, 0) is 68.3 Å². The van der Waals surface area contributed by atoms with Crippen molar-refractivity contribution in [3.63, 3.8) is 0 Å². The molecule has 1 N–H and O–H groups in total. The van der Waals surface area contributed by atoms with Gasteiger partial charge < -0.3 is 10.1 Å². The molecule has 35 heavy (non-hydrogen) atoms. The van der Waals surface area contributed by atoms with Crippen LogP contribution in [0.3, 0.4) is 0 Å². The summed E-state index contributed by atoms with van der Waals surface area (Å²) in [6.45, 7) is 4.35. The van der Waals surface area contributed by atoms with E-state index in [-0.39, 0.29) is 5.91 Å². The van der Waals surface area contributed by atoms with E-state index in [1.807, 2.05) is 68.4 Å². The molecule has 10 heteroatoms. The molecule has 0 radical (unpaired) electrons. The van der Waals surface area contributed by atoms with Gasteiger partial charge in [0.15, 0.2) is 10.9 Å². The van der Waals surface area contributed by atoms with E-state index in [2.05, 4.69) is 41.5 Å². The van der Waals surface area contributed by atoms with Gasteiger partial charge in [-0.15, -0.1) is 5.10 Å². The predicted octanol–water partition coefficient (Wildman–Crippen LogP) is 4.71. The number of thioether (sulfide) groups is 1. The average Bonchev–Trinajstić information content (AvgIpc) is 3.27. The van der Waals surface area contributed by atoms with Crippen LogP contribution in [0.15, 0.2) is 64.2 Å². The zero-order valence-electron chi connectivity index (χ0n) is 19.7. The Morgan fingerprint density at radius 3 is 2.40 bits per heavy atom. The molecule has 1 amide bonds. The number of carbonyl (C=O) groups is 1. The molecule has 0 saturated carbocycles. The molecular formula is C25H25BrN6O2S. The Kier molecular flexibility index (Phi) is 8.14. The lowest BCUT2D eigenvalue weighted by molar-refractivity contribution is 0.0948. The largest absolute Gasteiger partial charge is 0.497 e. The second-order valence-corrected chi connectivity index (χ2v) is 9.71. The van der Waals surface area contributed by atoms with Crippen LogP contribution in [0.4, 0.5) is 0 Å². The molecule has 0 spiro atoms. The van der Waals surface area contributed by atoms with Crippen LogP contribution in [0.5, 0.6) is 5.75 Å². The van der Waals surface area contributed by atoms with Crippen LogP contribution in [0, 0.1) is 13.8 Å². The molecule has 2 aromatic carbocycles. The van der Waals surface area contributed by atoms with Crippen LogP contribution < -0.4 is 10.1 Å². The van der Waals surface area contributed by atoms with E-state index in [0.717, 1.165) is 32.9 Å². The van der Waals surface area contributed by atoms with Crippen molar-refractivity contribution in [3.8, 4) is 11.4 Å². The van der Waals surface area contributed by atoms with Crippen LogP contribution in [0.25, 0.3) is 5.69 Å². The zero-order valence-corrected chi connectivity index (χ0v) is 22.1. The number of halogens is 1. The topological polar surface area (TPSA) is 94.8 Å². The summed E-state index contributed by atoms with van der Waals surface area (Å²) in [5.74, 6) is 0.976. The van der Waals surface area contributed by atoms with Crippen molar-refractivity contribution in [2.45, 2.75) is 31.2 Å². The Labute approximate surface area is 216 Å². The number of methoxy groups -OCH3 is 1. The van der Waals surface area contributed by atoms with Gasteiger partial charge >= 0.3 is 0 Å². The molecule has 0 unspecified atom stereocenters. The van der Waals surface area contributed by atoms with Gasteiger partial charge in [0.2, 0.25) is 0 Å². The number of amides is 1. The van der Waals surface area contributed by atoms with Crippen molar-refractivity contribution in [1.29, 1.82) is 0 Å². The number of rotatable bonds is 9. The molecule has 0 atom stereocenters. The number of ether oxygens (including phenoxy) is 1. The molecule has 0 aliphatic rings. The highest BCUT2D eigenvalue weighted by molar-refractivity contribution is 9.10. The number of benzene rings is 2. The van der Waals surface area contributed by atoms with Gasteiger partial charge in [-0.3, -0.25) is 4.79 Å². The molecule has 2 aromatic heterocycles. The minimum Gasteiger partial charge on any atom is -0.497 e. The molecule has 0 aliphatic heterocycles. The van der Waals surface area contributed by atoms with E-state index in [1.165, 1.54) is 11.8 Å². The number of hydrogen-bond donors (Lipinski definition) is 1. The molecule has 0 fully saturated rings. The second-order valence-electron chi connectivity index (χ2n) is 7.85. The third kappa shape index (κ3) is 6.46. The van der Waals surface area contributed by atoms with Crippen molar-refractivity contribution in [2.24, 2.45) is 0 Å². The number of aryl methyl sites for hydroxylation is 2. The summed E-state index contributed by atoms with van der Waals surface area (Å²) in [4.78, 5) is 22.1. The van der Waals surface area contributed by atoms with Gasteiger partial charge in [0, 0.05) is 28.2 Å². The predicted molar refractivity (Wildman–Crippen MR) is 139 cm³/mol. The summed E-state index contributed by atoms with van der Waals surface area (Å²) in [5.41, 5.74) is 4.69. The highest BCUT2D eigenvalue weighted by atomic mass is 79.9. The molecule has 4 aromatic rings. The molecule has 4 rings (SSSR count). The van der Waals surface area contributed by atoms with Crippen LogP contribution in [-0.4, -0.2) is 44.5 Å². The van der Waals surface area contributed by atoms with E-state index in [0.29, 0.717) is 35.3 Å². The summed E-state index contributed by atoms with van der Waals surface area (Å²) in [6, 6.07) is 17.4. The molecule has 0 aliphatic carbocycles. The van der Waals surface area contributed by atoms with Crippen molar-refractivity contribution in [3.05, 3.63) is 87.4 Å². The first-order chi connectivity index (χ1) is 16.9. The lowest BCUT2D eigenvalue weighted by Crippen LogP contribution is -2.27. The fourth-order valence-corrected chi connectivity index (χ4v) is 4.69. The third-order valence-corrected chi connectivity index (χ3v) is 6.59. The lowest BCUT2D eigenvalue weighted by Gasteiger charge is -2.09. The average molecular weight is 553 g/mol. The fourth-order valence-electron chi connectivity index (χ4n) is 3.48. The van der Waals surface area contributed by atoms with Gasteiger partial charge in [-0.2, -0.15) is 0 Å². The zero-order chi connectivity index (χ0) is 24.8. The van der Waals surface area contributed by atoms with Crippen molar-refractivity contribution >= 4 is 33.6 Å². The Bertz CT molecular complexity index is 1290. The van der Waals surface area contributed by atoms with Crippen LogP contribution in [0.2, 0.25) is 0 Å². The number of carbonyl (C=O) groups excluding carboxylic acids is 1. The maximum atomic E-state index is 13.1. The van der Waals surface area contributed by atoms with Gasteiger partial charge in [-0.1, -0.05) is 45.0 Å². The molecule has 0 bridgehead atoms. The molecule has 180 valence electrons. The summed E-state index contributed by atoms with van der Waals surface area (Å²) in [7, 11) is 1.64. The first-order valence-corrected chi connectivity index (χ1v) is 12.8. The normalized spacial score (nSPS) is 10.9. The van der Waals surface area contributed by atoms with E-state index in [9.17, 15) is 4.79 Å². The molecule has 0 saturated heterocycles. The van der Waals surface area contributed by atoms with Crippen molar-refractivity contribution < 1.29 is 9.53 Å². The van der Waals surface area contributed by atoms with Gasteiger partial charge in [0.25, 0.3) is 5.91 Å². The summed E-state index contributed by atoms with van der Waals surface area (Å²) in [5, 5.41) is 12.1. The summed E-state index contributed by atoms with van der Waals surface area (Å²) < 4.78 is 7.85. The maximum absolute atomic E-state index is 13.1. The van der Waals surface area contributed by atoms with Gasteiger partial charge in [0.1, 0.15) is 5.75 Å². The second kappa shape index (κ2) is 11.5. The van der Waals surface area contributed by atoms with E-state index in [1.54, 1.807) is 11.8 Å². The SMILES string of the molecule is COc1ccc(CCNC(=O)c2nnn(-c3ccc(Br)cc3)c2CSc2nc(C)cc(C)n2)cc1. The lowest BCUT2D eigenvalue weighted by atomic mass is 10.1. The monoisotopic (exact) mass is 552 g/mol. The van der Waals surface area contributed by atoms with Crippen molar-refractivity contribution in [1.82, 2.24) is 30.3 Å². The third-order valence-electron chi connectivity index (χ3n) is 5.21. The van der Waals surface area contributed by atoms with Crippen LogP contribution >= 0.6 is 27.7 Å². The molecular weight excluding hydrogens is 528 g/mol. The minimum atomic E-state index is -0.265. The van der Waals surface area contributed by atoms with Crippen LogP contribution in [0.1, 0.15) is 33.1 Å². The number of aromatic nitrogens is 5. The van der Waals surface area contributed by atoms with E-state index in [4.69, 9.17) is 4.74 Å². The van der Waals surface area contributed by atoms with Gasteiger partial charge in [0.05, 0.1) is 18.5 Å². The van der Waals surface area contributed by atoms with Crippen LogP contribution in [-0.2, 0) is 12.2 Å². The van der Waals surface area contributed by atoms with E-state index >= 15 is 0 Å². The molecule has 8 nitrogen and oxygen atoms in total. The number of hydrogen-bond acceptors (Lipinski definition) is 7. The smallest absolute Gasteiger partial charge is 0.273 e. The Hall–Kier alpha value is -3.24. The summed E-state index contributed by atoms with van der Waals surface area (Å²) in [6.07, 6.45) is 0.692. The Morgan fingerprint density at radius 2 is 1.74 bits per heavy atom. The van der Waals surface area contributed by atoms with Gasteiger partial charge in [-0.25, -0.2) is 14.6 Å². The summed E-state index contributed by atoms with van der Waals surface area (Å²) >= 11 is 4.91. The van der Waals surface area contributed by atoms with E-state index < -0.39 is 0 Å². The highest BCUT2D eigenvalue weighted by Gasteiger charge is 2.21. The minimum absolute atomic E-state index is 0.265. The first kappa shape index (κ1) is 24.9.